The van der Waals surface area contributed by atoms with Gasteiger partial charge in [0.1, 0.15) is 5.82 Å². The number of nitrogens with one attached hydrogen (secondary N) is 1. The molecule has 0 bridgehead atoms. The van der Waals surface area contributed by atoms with Crippen LogP contribution in [0.25, 0.3) is 0 Å². The van der Waals surface area contributed by atoms with Crippen molar-refractivity contribution in [3.63, 3.8) is 0 Å². The van der Waals surface area contributed by atoms with Crippen molar-refractivity contribution in [3.8, 4) is 0 Å². The van der Waals surface area contributed by atoms with Gasteiger partial charge in [0.15, 0.2) is 0 Å². The molecule has 82 valence electrons. The van der Waals surface area contributed by atoms with E-state index in [2.05, 4.69) is 5.32 Å². The summed E-state index contributed by atoms with van der Waals surface area (Å²) in [6.45, 7) is 5.42. The van der Waals surface area contributed by atoms with Gasteiger partial charge >= 0.3 is 0 Å². The van der Waals surface area contributed by atoms with Gasteiger partial charge in [-0.1, -0.05) is 12.1 Å². The molecule has 2 atom stereocenters. The first-order chi connectivity index (χ1) is 7.18. The van der Waals surface area contributed by atoms with Crippen LogP contribution >= 0.6 is 0 Å². The zero-order chi connectivity index (χ0) is 10.8. The fourth-order valence-electron chi connectivity index (χ4n) is 1.97. The molecular formula is C12H16FNO. The molecule has 1 saturated heterocycles. The summed E-state index contributed by atoms with van der Waals surface area (Å²) >= 11 is 0. The van der Waals surface area contributed by atoms with Crippen molar-refractivity contribution >= 4 is 0 Å². The lowest BCUT2D eigenvalue weighted by Gasteiger charge is -2.30. The number of halogens is 1. The van der Waals surface area contributed by atoms with E-state index in [4.69, 9.17) is 4.74 Å². The van der Waals surface area contributed by atoms with Crippen LogP contribution in [0.1, 0.15) is 24.1 Å². The Kier molecular flexibility index (Phi) is 3.03. The van der Waals surface area contributed by atoms with E-state index < -0.39 is 0 Å². The van der Waals surface area contributed by atoms with Gasteiger partial charge in [-0.05, 0) is 31.0 Å². The maximum absolute atomic E-state index is 13.1. The molecule has 1 aliphatic rings. The lowest BCUT2D eigenvalue weighted by Crippen LogP contribution is -2.40. The number of benzene rings is 1. The van der Waals surface area contributed by atoms with Gasteiger partial charge in [-0.3, -0.25) is 0 Å². The first-order valence-electron chi connectivity index (χ1n) is 5.29. The second kappa shape index (κ2) is 4.29. The van der Waals surface area contributed by atoms with Crippen LogP contribution in [0.5, 0.6) is 0 Å². The van der Waals surface area contributed by atoms with Gasteiger partial charge in [-0.15, -0.1) is 0 Å². The summed E-state index contributed by atoms with van der Waals surface area (Å²) < 4.78 is 18.7. The summed E-state index contributed by atoms with van der Waals surface area (Å²) in [7, 11) is 0. The lowest BCUT2D eigenvalue weighted by atomic mass is 9.99. The summed E-state index contributed by atoms with van der Waals surface area (Å²) in [4.78, 5) is 0. The van der Waals surface area contributed by atoms with Crippen LogP contribution in [0.4, 0.5) is 4.39 Å². The Bertz CT molecular complexity index is 353. The molecule has 0 saturated carbocycles. The van der Waals surface area contributed by atoms with E-state index in [0.717, 1.165) is 18.7 Å². The van der Waals surface area contributed by atoms with Gasteiger partial charge in [0, 0.05) is 6.54 Å². The van der Waals surface area contributed by atoms with Gasteiger partial charge < -0.3 is 10.1 Å². The fraction of sp³-hybridized carbons (Fsp3) is 0.500. The van der Waals surface area contributed by atoms with Crippen LogP contribution in [0.15, 0.2) is 18.2 Å². The molecule has 1 aromatic carbocycles. The van der Waals surface area contributed by atoms with Crippen molar-refractivity contribution in [1.29, 1.82) is 0 Å². The standard InChI is InChI=1S/C12H16FNO/c1-8-7-10(3-4-11(8)13)12-9(2)15-6-5-14-12/h3-4,7,9,12,14H,5-6H2,1-2H3. The van der Waals surface area contributed by atoms with Gasteiger partial charge in [0.05, 0.1) is 18.8 Å². The minimum Gasteiger partial charge on any atom is -0.375 e. The number of hydrogen-bond donors (Lipinski definition) is 1. The largest absolute Gasteiger partial charge is 0.375 e. The summed E-state index contributed by atoms with van der Waals surface area (Å²) in [5.41, 5.74) is 1.79. The van der Waals surface area contributed by atoms with Crippen LogP contribution in [0, 0.1) is 12.7 Å². The Hall–Kier alpha value is -0.930. The van der Waals surface area contributed by atoms with Crippen molar-refractivity contribution in [2.45, 2.75) is 26.0 Å². The Morgan fingerprint density at radius 3 is 2.93 bits per heavy atom. The molecule has 2 rings (SSSR count). The van der Waals surface area contributed by atoms with Crippen molar-refractivity contribution in [3.05, 3.63) is 35.1 Å². The predicted molar refractivity (Wildman–Crippen MR) is 57.3 cm³/mol. The molecule has 1 heterocycles. The molecule has 0 aromatic heterocycles. The predicted octanol–water partition coefficient (Wildman–Crippen LogP) is 2.18. The highest BCUT2D eigenvalue weighted by molar-refractivity contribution is 5.27. The van der Waals surface area contributed by atoms with Crippen LogP contribution in [0.2, 0.25) is 0 Å². The molecule has 0 amide bonds. The van der Waals surface area contributed by atoms with Gasteiger partial charge in [0.25, 0.3) is 0 Å². The fourth-order valence-corrected chi connectivity index (χ4v) is 1.97. The Labute approximate surface area is 89.4 Å². The second-order valence-corrected chi connectivity index (χ2v) is 4.02. The highest BCUT2D eigenvalue weighted by Gasteiger charge is 2.23. The zero-order valence-electron chi connectivity index (χ0n) is 9.09. The SMILES string of the molecule is Cc1cc(C2NCCOC2C)ccc1F. The number of hydrogen-bond acceptors (Lipinski definition) is 2. The molecule has 0 aliphatic carbocycles. The van der Waals surface area contributed by atoms with E-state index in [-0.39, 0.29) is 18.0 Å². The number of morpholine rings is 1. The summed E-state index contributed by atoms with van der Waals surface area (Å²) in [6.07, 6.45) is 0.142. The number of aryl methyl sites for hydroxylation is 1. The van der Waals surface area contributed by atoms with E-state index in [1.54, 1.807) is 6.92 Å². The molecule has 1 aliphatic heterocycles. The van der Waals surface area contributed by atoms with Crippen molar-refractivity contribution in [1.82, 2.24) is 5.32 Å². The first-order valence-corrected chi connectivity index (χ1v) is 5.29. The van der Waals surface area contributed by atoms with Gasteiger partial charge in [-0.2, -0.15) is 0 Å². The smallest absolute Gasteiger partial charge is 0.126 e. The number of rotatable bonds is 1. The first kappa shape index (κ1) is 10.6. The third-order valence-corrected chi connectivity index (χ3v) is 2.86. The lowest BCUT2D eigenvalue weighted by molar-refractivity contribution is 0.00753. The molecule has 15 heavy (non-hydrogen) atoms. The number of ether oxygens (including phenoxy) is 1. The topological polar surface area (TPSA) is 21.3 Å². The monoisotopic (exact) mass is 209 g/mol. The molecular weight excluding hydrogens is 193 g/mol. The van der Waals surface area contributed by atoms with Crippen LogP contribution in [-0.4, -0.2) is 19.3 Å². The molecule has 2 unspecified atom stereocenters. The maximum Gasteiger partial charge on any atom is 0.126 e. The van der Waals surface area contributed by atoms with Crippen LogP contribution in [-0.2, 0) is 4.74 Å². The molecule has 1 N–H and O–H groups in total. The quantitative estimate of drug-likeness (QED) is 0.765. The molecule has 1 aromatic rings. The second-order valence-electron chi connectivity index (χ2n) is 4.02. The summed E-state index contributed by atoms with van der Waals surface area (Å²) in [6, 6.07) is 5.41. The van der Waals surface area contributed by atoms with Gasteiger partial charge in [0.2, 0.25) is 0 Å². The molecule has 0 radical (unpaired) electrons. The molecule has 3 heteroatoms. The third-order valence-electron chi connectivity index (χ3n) is 2.86. The van der Waals surface area contributed by atoms with Crippen LogP contribution in [0.3, 0.4) is 0 Å². The van der Waals surface area contributed by atoms with E-state index in [1.807, 2.05) is 19.1 Å². The van der Waals surface area contributed by atoms with Gasteiger partial charge in [-0.25, -0.2) is 4.39 Å². The normalized spacial score (nSPS) is 26.6. The third kappa shape index (κ3) is 2.19. The zero-order valence-corrected chi connectivity index (χ0v) is 9.09. The minimum absolute atomic E-state index is 0.142. The Balaban J connectivity index is 2.24. The van der Waals surface area contributed by atoms with Crippen LogP contribution < -0.4 is 5.32 Å². The summed E-state index contributed by atoms with van der Waals surface area (Å²) in [5.74, 6) is -0.150. The average molecular weight is 209 g/mol. The van der Waals surface area contributed by atoms with E-state index in [1.165, 1.54) is 6.07 Å². The van der Waals surface area contributed by atoms with Crippen molar-refractivity contribution in [2.75, 3.05) is 13.2 Å². The Morgan fingerprint density at radius 1 is 1.47 bits per heavy atom. The molecule has 0 spiro atoms. The van der Waals surface area contributed by atoms with Crippen molar-refractivity contribution < 1.29 is 9.13 Å². The van der Waals surface area contributed by atoms with Crippen molar-refractivity contribution in [2.24, 2.45) is 0 Å². The minimum atomic E-state index is -0.150. The van der Waals surface area contributed by atoms with E-state index in [9.17, 15) is 4.39 Å². The highest BCUT2D eigenvalue weighted by atomic mass is 19.1. The molecule has 1 fully saturated rings. The maximum atomic E-state index is 13.1. The average Bonchev–Trinajstić information content (AvgIpc) is 2.23. The highest BCUT2D eigenvalue weighted by Crippen LogP contribution is 2.23. The van der Waals surface area contributed by atoms with E-state index >= 15 is 0 Å². The Morgan fingerprint density at radius 2 is 2.27 bits per heavy atom. The molecule has 2 nitrogen and oxygen atoms in total. The van der Waals surface area contributed by atoms with E-state index in [0.29, 0.717) is 5.56 Å². The summed E-state index contributed by atoms with van der Waals surface area (Å²) in [5, 5.41) is 3.38.